The van der Waals surface area contributed by atoms with E-state index in [-0.39, 0.29) is 0 Å². The minimum absolute atomic E-state index is 0.644. The van der Waals surface area contributed by atoms with Gasteiger partial charge in [-0.3, -0.25) is 4.90 Å². The van der Waals surface area contributed by atoms with Gasteiger partial charge in [-0.1, -0.05) is 39.5 Å². The smallest absolute Gasteiger partial charge is 0.0223 e. The first-order valence-corrected chi connectivity index (χ1v) is 7.68. The van der Waals surface area contributed by atoms with Crippen LogP contribution >= 0.6 is 0 Å². The van der Waals surface area contributed by atoms with Gasteiger partial charge >= 0.3 is 0 Å². The van der Waals surface area contributed by atoms with Crippen LogP contribution in [0.5, 0.6) is 0 Å². The normalized spacial score (nSPS) is 28.2. The Labute approximate surface area is 108 Å². The van der Waals surface area contributed by atoms with Crippen LogP contribution in [-0.4, -0.2) is 30.1 Å². The molecule has 0 amide bonds. The third-order valence-corrected chi connectivity index (χ3v) is 4.51. The van der Waals surface area contributed by atoms with Gasteiger partial charge in [-0.25, -0.2) is 0 Å². The number of rotatable bonds is 7. The van der Waals surface area contributed by atoms with Gasteiger partial charge in [-0.15, -0.1) is 0 Å². The Morgan fingerprint density at radius 1 is 1.29 bits per heavy atom. The minimum atomic E-state index is 0.644. The molecule has 2 nitrogen and oxygen atoms in total. The fourth-order valence-electron chi connectivity index (χ4n) is 3.19. The van der Waals surface area contributed by atoms with E-state index in [4.69, 9.17) is 5.73 Å². The summed E-state index contributed by atoms with van der Waals surface area (Å²) < 4.78 is 0. The number of piperidine rings is 1. The van der Waals surface area contributed by atoms with E-state index < -0.39 is 0 Å². The molecule has 1 heterocycles. The van der Waals surface area contributed by atoms with Gasteiger partial charge in [-0.05, 0) is 38.6 Å². The SMILES string of the molecule is CCCCCC(C)N1CCC(CC)CC1CN. The predicted molar refractivity (Wildman–Crippen MR) is 76.2 cm³/mol. The van der Waals surface area contributed by atoms with Crippen LogP contribution in [0, 0.1) is 5.92 Å². The Morgan fingerprint density at radius 3 is 2.65 bits per heavy atom. The lowest BCUT2D eigenvalue weighted by Crippen LogP contribution is -2.50. The molecular weight excluding hydrogens is 208 g/mol. The maximum atomic E-state index is 5.96. The van der Waals surface area contributed by atoms with E-state index in [1.54, 1.807) is 0 Å². The summed E-state index contributed by atoms with van der Waals surface area (Å²) in [5.41, 5.74) is 5.96. The topological polar surface area (TPSA) is 29.3 Å². The third kappa shape index (κ3) is 4.59. The van der Waals surface area contributed by atoms with Crippen molar-refractivity contribution in [2.75, 3.05) is 13.1 Å². The van der Waals surface area contributed by atoms with Gasteiger partial charge in [0.2, 0.25) is 0 Å². The quantitative estimate of drug-likeness (QED) is 0.691. The second-order valence-electron chi connectivity index (χ2n) is 5.77. The van der Waals surface area contributed by atoms with Crippen LogP contribution in [0.25, 0.3) is 0 Å². The van der Waals surface area contributed by atoms with Gasteiger partial charge in [0.1, 0.15) is 0 Å². The second kappa shape index (κ2) is 8.10. The van der Waals surface area contributed by atoms with Crippen LogP contribution in [0.1, 0.15) is 65.7 Å². The summed E-state index contributed by atoms with van der Waals surface area (Å²) in [6.07, 6.45) is 9.46. The molecule has 17 heavy (non-hydrogen) atoms. The zero-order valence-corrected chi connectivity index (χ0v) is 12.1. The minimum Gasteiger partial charge on any atom is -0.329 e. The average molecular weight is 240 g/mol. The summed E-state index contributed by atoms with van der Waals surface area (Å²) in [7, 11) is 0. The Bertz CT molecular complexity index is 193. The number of nitrogens with two attached hydrogens (primary N) is 1. The van der Waals surface area contributed by atoms with E-state index in [0.29, 0.717) is 6.04 Å². The van der Waals surface area contributed by atoms with Crippen molar-refractivity contribution in [2.45, 2.75) is 77.8 Å². The van der Waals surface area contributed by atoms with Crippen LogP contribution in [0.4, 0.5) is 0 Å². The summed E-state index contributed by atoms with van der Waals surface area (Å²) in [6, 6.07) is 1.37. The van der Waals surface area contributed by atoms with Gasteiger partial charge in [-0.2, -0.15) is 0 Å². The molecule has 0 aromatic heterocycles. The molecule has 0 bridgehead atoms. The summed E-state index contributed by atoms with van der Waals surface area (Å²) >= 11 is 0. The molecule has 0 spiro atoms. The molecule has 1 saturated heterocycles. The van der Waals surface area contributed by atoms with Crippen molar-refractivity contribution in [3.05, 3.63) is 0 Å². The highest BCUT2D eigenvalue weighted by Crippen LogP contribution is 2.27. The van der Waals surface area contributed by atoms with E-state index in [1.165, 1.54) is 51.5 Å². The van der Waals surface area contributed by atoms with Crippen molar-refractivity contribution in [3.8, 4) is 0 Å². The lowest BCUT2D eigenvalue weighted by Gasteiger charge is -2.42. The van der Waals surface area contributed by atoms with Crippen LogP contribution in [0.3, 0.4) is 0 Å². The Kier molecular flexibility index (Phi) is 7.14. The summed E-state index contributed by atoms with van der Waals surface area (Å²) in [4.78, 5) is 2.68. The molecule has 1 rings (SSSR count). The van der Waals surface area contributed by atoms with E-state index in [9.17, 15) is 0 Å². The standard InChI is InChI=1S/C15H32N2/c1-4-6-7-8-13(3)17-10-9-14(5-2)11-15(17)12-16/h13-15H,4-12,16H2,1-3H3. The van der Waals surface area contributed by atoms with Gasteiger partial charge in [0.05, 0.1) is 0 Å². The first-order valence-electron chi connectivity index (χ1n) is 7.68. The molecule has 1 aliphatic rings. The predicted octanol–water partition coefficient (Wildman–Crippen LogP) is 3.40. The molecule has 3 atom stereocenters. The largest absolute Gasteiger partial charge is 0.329 e. The van der Waals surface area contributed by atoms with E-state index in [2.05, 4.69) is 25.7 Å². The molecule has 0 aromatic carbocycles. The maximum Gasteiger partial charge on any atom is 0.0223 e. The Morgan fingerprint density at radius 2 is 2.06 bits per heavy atom. The van der Waals surface area contributed by atoms with Crippen molar-refractivity contribution < 1.29 is 0 Å². The first kappa shape index (κ1) is 15.0. The van der Waals surface area contributed by atoms with Crippen LogP contribution in [0.15, 0.2) is 0 Å². The summed E-state index contributed by atoms with van der Waals surface area (Å²) in [5, 5.41) is 0. The number of unbranched alkanes of at least 4 members (excludes halogenated alkanes) is 2. The molecule has 0 aromatic rings. The zero-order chi connectivity index (χ0) is 12.7. The Balaban J connectivity index is 2.39. The number of hydrogen-bond acceptors (Lipinski definition) is 2. The molecular formula is C15H32N2. The van der Waals surface area contributed by atoms with Crippen LogP contribution in [0.2, 0.25) is 0 Å². The fourth-order valence-corrected chi connectivity index (χ4v) is 3.19. The zero-order valence-electron chi connectivity index (χ0n) is 12.1. The van der Waals surface area contributed by atoms with Crippen molar-refractivity contribution in [2.24, 2.45) is 11.7 Å². The molecule has 0 saturated carbocycles. The van der Waals surface area contributed by atoms with Crippen molar-refractivity contribution in [3.63, 3.8) is 0 Å². The highest BCUT2D eigenvalue weighted by atomic mass is 15.2. The van der Waals surface area contributed by atoms with E-state index >= 15 is 0 Å². The van der Waals surface area contributed by atoms with Crippen LogP contribution in [-0.2, 0) is 0 Å². The molecule has 0 aliphatic carbocycles. The van der Waals surface area contributed by atoms with Crippen LogP contribution < -0.4 is 5.73 Å². The molecule has 3 unspecified atom stereocenters. The van der Waals surface area contributed by atoms with Gasteiger partial charge in [0, 0.05) is 18.6 Å². The van der Waals surface area contributed by atoms with Gasteiger partial charge in [0.15, 0.2) is 0 Å². The van der Waals surface area contributed by atoms with Crippen molar-refractivity contribution >= 4 is 0 Å². The lowest BCUT2D eigenvalue weighted by molar-refractivity contribution is 0.0726. The molecule has 1 aliphatic heterocycles. The summed E-state index contributed by atoms with van der Waals surface area (Å²) in [6.45, 7) is 9.10. The fraction of sp³-hybridized carbons (Fsp3) is 1.00. The molecule has 2 heteroatoms. The lowest BCUT2D eigenvalue weighted by atomic mass is 9.87. The molecule has 0 radical (unpaired) electrons. The number of nitrogens with zero attached hydrogens (tertiary/aromatic N) is 1. The molecule has 1 fully saturated rings. The van der Waals surface area contributed by atoms with E-state index in [1.807, 2.05) is 0 Å². The first-order chi connectivity index (χ1) is 8.22. The monoisotopic (exact) mass is 240 g/mol. The van der Waals surface area contributed by atoms with E-state index in [0.717, 1.165) is 18.5 Å². The molecule has 2 N–H and O–H groups in total. The van der Waals surface area contributed by atoms with Gasteiger partial charge in [0.25, 0.3) is 0 Å². The Hall–Kier alpha value is -0.0800. The number of hydrogen-bond donors (Lipinski definition) is 1. The molecule has 102 valence electrons. The highest BCUT2D eigenvalue weighted by molar-refractivity contribution is 4.85. The highest BCUT2D eigenvalue weighted by Gasteiger charge is 2.29. The van der Waals surface area contributed by atoms with Crippen molar-refractivity contribution in [1.29, 1.82) is 0 Å². The maximum absolute atomic E-state index is 5.96. The van der Waals surface area contributed by atoms with Gasteiger partial charge < -0.3 is 5.73 Å². The third-order valence-electron chi connectivity index (χ3n) is 4.51. The average Bonchev–Trinajstić information content (AvgIpc) is 2.38. The van der Waals surface area contributed by atoms with Crippen molar-refractivity contribution in [1.82, 2.24) is 4.90 Å². The summed E-state index contributed by atoms with van der Waals surface area (Å²) in [5.74, 6) is 0.919. The second-order valence-corrected chi connectivity index (χ2v) is 5.77. The number of likely N-dealkylation sites (tertiary alicyclic amines) is 1.